The predicted octanol–water partition coefficient (Wildman–Crippen LogP) is 4.31. The minimum atomic E-state index is -4.54. The number of hydrogen-bond donors (Lipinski definition) is 2. The van der Waals surface area contributed by atoms with Crippen molar-refractivity contribution in [2.24, 2.45) is 0 Å². The number of nitrogens with one attached hydrogen (secondary N) is 2. The fourth-order valence-electron chi connectivity index (χ4n) is 2.07. The molecule has 9 heteroatoms. The Morgan fingerprint density at radius 3 is 2.20 bits per heavy atom. The fourth-order valence-corrected chi connectivity index (χ4v) is 2.93. The Morgan fingerprint density at radius 1 is 1.12 bits per heavy atom. The average Bonchev–Trinajstić information content (AvgIpc) is 2.45. The summed E-state index contributed by atoms with van der Waals surface area (Å²) in [6.07, 6.45) is -3.79. The topological polar surface area (TPSA) is 66.9 Å². The van der Waals surface area contributed by atoms with E-state index in [1.165, 1.54) is 0 Å². The first-order valence-electron chi connectivity index (χ1n) is 7.60. The van der Waals surface area contributed by atoms with Crippen molar-refractivity contribution in [3.8, 4) is 0 Å². The van der Waals surface area contributed by atoms with Gasteiger partial charge in [0.15, 0.2) is 0 Å². The third-order valence-electron chi connectivity index (χ3n) is 3.26. The molecular weight excluding hydrogens is 352 g/mol. The van der Waals surface area contributed by atoms with Gasteiger partial charge in [-0.2, -0.15) is 18.2 Å². The Morgan fingerprint density at radius 2 is 1.72 bits per heavy atom. The first-order chi connectivity index (χ1) is 11.5. The van der Waals surface area contributed by atoms with Crippen molar-refractivity contribution in [1.29, 1.82) is 0 Å². The zero-order chi connectivity index (χ0) is 18.8. The number of alkyl halides is 3. The molecule has 1 heterocycles. The van der Waals surface area contributed by atoms with E-state index in [-0.39, 0.29) is 17.8 Å². The molecule has 2 N–H and O–H groups in total. The van der Waals surface area contributed by atoms with E-state index >= 15 is 0 Å². The minimum Gasteiger partial charge on any atom is -0.367 e. The molecule has 0 aliphatic heterocycles. The highest BCUT2D eigenvalue weighted by molar-refractivity contribution is 7.70. The van der Waals surface area contributed by atoms with Crippen LogP contribution in [0.4, 0.5) is 30.6 Å². The minimum absolute atomic E-state index is 0.0417. The Hall–Kier alpha value is -2.08. The molecule has 136 valence electrons. The molecule has 0 aliphatic rings. The van der Waals surface area contributed by atoms with Crippen LogP contribution in [0.1, 0.15) is 19.4 Å². The van der Waals surface area contributed by atoms with E-state index in [4.69, 9.17) is 0 Å². The summed E-state index contributed by atoms with van der Waals surface area (Å²) in [6, 6.07) is 6.57. The molecule has 0 fully saturated rings. The van der Waals surface area contributed by atoms with Gasteiger partial charge in [-0.1, -0.05) is 0 Å². The number of aromatic nitrogens is 2. The smallest absolute Gasteiger partial charge is 0.367 e. The van der Waals surface area contributed by atoms with Gasteiger partial charge in [0, 0.05) is 23.2 Å². The Labute approximate surface area is 144 Å². The van der Waals surface area contributed by atoms with Gasteiger partial charge < -0.3 is 15.2 Å². The quantitative estimate of drug-likeness (QED) is 0.766. The predicted molar refractivity (Wildman–Crippen MR) is 94.6 cm³/mol. The van der Waals surface area contributed by atoms with Crippen LogP contribution in [-0.2, 0) is 10.7 Å². The van der Waals surface area contributed by atoms with Crippen molar-refractivity contribution in [2.45, 2.75) is 26.1 Å². The maximum Gasteiger partial charge on any atom is 0.421 e. The normalized spacial score (nSPS) is 12.3. The molecule has 0 saturated carbocycles. The molecule has 0 spiro atoms. The van der Waals surface area contributed by atoms with Crippen LogP contribution in [0.3, 0.4) is 0 Å². The van der Waals surface area contributed by atoms with E-state index in [9.17, 15) is 17.7 Å². The lowest BCUT2D eigenvalue weighted by atomic mass is 10.2. The lowest BCUT2D eigenvalue weighted by Gasteiger charge is -2.16. The molecule has 0 radical (unpaired) electrons. The summed E-state index contributed by atoms with van der Waals surface area (Å²) in [7, 11) is -2.36. The molecule has 0 atom stereocenters. The first kappa shape index (κ1) is 19.2. The van der Waals surface area contributed by atoms with Crippen molar-refractivity contribution >= 4 is 29.9 Å². The molecule has 0 bridgehead atoms. The molecule has 0 amide bonds. The molecule has 2 rings (SSSR count). The third kappa shape index (κ3) is 5.19. The average molecular weight is 372 g/mol. The highest BCUT2D eigenvalue weighted by atomic mass is 31.2. The van der Waals surface area contributed by atoms with Crippen molar-refractivity contribution < 1.29 is 17.7 Å². The van der Waals surface area contributed by atoms with Crippen molar-refractivity contribution in [3.05, 3.63) is 36.0 Å². The van der Waals surface area contributed by atoms with Gasteiger partial charge in [0.1, 0.15) is 18.5 Å². The van der Waals surface area contributed by atoms with Gasteiger partial charge in [0.25, 0.3) is 0 Å². The number of nitrogens with zero attached hydrogens (tertiary/aromatic N) is 2. The number of hydrogen-bond acceptors (Lipinski definition) is 5. The molecule has 25 heavy (non-hydrogen) atoms. The Bertz CT molecular complexity index is 785. The van der Waals surface area contributed by atoms with Gasteiger partial charge in [-0.3, -0.25) is 0 Å². The number of rotatable bonds is 5. The second kappa shape index (κ2) is 7.04. The van der Waals surface area contributed by atoms with Crippen LogP contribution in [0, 0.1) is 0 Å². The van der Waals surface area contributed by atoms with Crippen LogP contribution < -0.4 is 15.9 Å². The maximum absolute atomic E-state index is 13.0. The van der Waals surface area contributed by atoms with Gasteiger partial charge in [-0.15, -0.1) is 0 Å². The van der Waals surface area contributed by atoms with Crippen LogP contribution >= 0.6 is 7.14 Å². The van der Waals surface area contributed by atoms with Crippen molar-refractivity contribution in [1.82, 2.24) is 9.97 Å². The van der Waals surface area contributed by atoms with Gasteiger partial charge >= 0.3 is 6.18 Å². The molecule has 0 saturated heterocycles. The highest BCUT2D eigenvalue weighted by Gasteiger charge is 2.35. The van der Waals surface area contributed by atoms with Crippen LogP contribution in [-0.4, -0.2) is 29.3 Å². The molecule has 5 nitrogen and oxygen atoms in total. The second-order valence-corrected chi connectivity index (χ2v) is 9.49. The van der Waals surface area contributed by atoms with Crippen molar-refractivity contribution in [2.75, 3.05) is 24.0 Å². The standard InChI is InChI=1S/C16H20F3N4OP/c1-10(2)21-14-13(16(17,18)19)9-20-15(23-14)22-11-5-7-12(8-6-11)25(3,4)24/h5-10H,1-4H3,(H2,20,21,22,23). The molecule has 2 aromatic rings. The monoisotopic (exact) mass is 372 g/mol. The van der Waals surface area contributed by atoms with Gasteiger partial charge in [0.05, 0.1) is 0 Å². The SMILES string of the molecule is CC(C)Nc1nc(Nc2ccc(P(C)(C)=O)cc2)ncc1C(F)(F)F. The van der Waals surface area contributed by atoms with Gasteiger partial charge in [-0.05, 0) is 51.4 Å². The van der Waals surface area contributed by atoms with Crippen LogP contribution in [0.25, 0.3) is 0 Å². The van der Waals surface area contributed by atoms with Crippen molar-refractivity contribution in [3.63, 3.8) is 0 Å². The van der Waals surface area contributed by atoms with Crippen LogP contribution in [0.15, 0.2) is 30.5 Å². The zero-order valence-corrected chi connectivity index (χ0v) is 15.2. The van der Waals surface area contributed by atoms with E-state index in [1.54, 1.807) is 51.4 Å². The third-order valence-corrected chi connectivity index (χ3v) is 4.81. The summed E-state index contributed by atoms with van der Waals surface area (Å²) in [5.74, 6) is -0.233. The summed E-state index contributed by atoms with van der Waals surface area (Å²) in [5, 5.41) is 6.26. The summed E-state index contributed by atoms with van der Waals surface area (Å²) < 4.78 is 51.1. The van der Waals surface area contributed by atoms with Crippen LogP contribution in [0.5, 0.6) is 0 Å². The second-order valence-electron chi connectivity index (χ2n) is 6.28. The highest BCUT2D eigenvalue weighted by Crippen LogP contribution is 2.35. The van der Waals surface area contributed by atoms with Gasteiger partial charge in [0.2, 0.25) is 5.95 Å². The van der Waals surface area contributed by atoms with E-state index < -0.39 is 18.9 Å². The lowest BCUT2D eigenvalue weighted by molar-refractivity contribution is -0.137. The van der Waals surface area contributed by atoms with E-state index in [1.807, 2.05) is 0 Å². The Balaban J connectivity index is 2.29. The number of anilines is 3. The number of benzene rings is 1. The van der Waals surface area contributed by atoms with Crippen LogP contribution in [0.2, 0.25) is 0 Å². The maximum atomic E-state index is 13.0. The molecular formula is C16H20F3N4OP. The largest absolute Gasteiger partial charge is 0.421 e. The summed E-state index contributed by atoms with van der Waals surface area (Å²) >= 11 is 0. The first-order valence-corrected chi connectivity index (χ1v) is 10.2. The summed E-state index contributed by atoms with van der Waals surface area (Å²) in [6.45, 7) is 6.78. The Kier molecular flexibility index (Phi) is 5.42. The molecule has 0 aliphatic carbocycles. The zero-order valence-electron chi connectivity index (χ0n) is 14.3. The molecule has 1 aromatic carbocycles. The summed E-state index contributed by atoms with van der Waals surface area (Å²) in [5.41, 5.74) is -0.326. The van der Waals surface area contributed by atoms with E-state index in [0.29, 0.717) is 11.0 Å². The lowest BCUT2D eigenvalue weighted by Crippen LogP contribution is -2.18. The molecule has 0 unspecified atom stereocenters. The van der Waals surface area contributed by atoms with Gasteiger partial charge in [-0.25, -0.2) is 4.98 Å². The van der Waals surface area contributed by atoms with E-state index in [0.717, 1.165) is 6.20 Å². The number of halogens is 3. The summed E-state index contributed by atoms with van der Waals surface area (Å²) in [4.78, 5) is 7.68. The fraction of sp³-hybridized carbons (Fsp3) is 0.375. The molecule has 1 aromatic heterocycles. The van der Waals surface area contributed by atoms with E-state index in [2.05, 4.69) is 20.6 Å².